The predicted molar refractivity (Wildman–Crippen MR) is 73.0 cm³/mol. The lowest BCUT2D eigenvalue weighted by Crippen LogP contribution is -2.28. The molecule has 18 heavy (non-hydrogen) atoms. The van der Waals surface area contributed by atoms with Gasteiger partial charge in [-0.15, -0.1) is 0 Å². The fourth-order valence-electron chi connectivity index (χ4n) is 2.29. The first-order valence-electron chi connectivity index (χ1n) is 6.21. The molecule has 0 saturated heterocycles. The summed E-state index contributed by atoms with van der Waals surface area (Å²) in [5, 5.41) is 10.4. The monoisotopic (exact) mass is 245 g/mol. The zero-order valence-electron chi connectivity index (χ0n) is 11.3. The van der Waals surface area contributed by atoms with Crippen LogP contribution in [0.25, 0.3) is 10.9 Å². The first-order chi connectivity index (χ1) is 8.37. The second-order valence-electron chi connectivity index (χ2n) is 5.28. The smallest absolute Gasteiger partial charge is 0.313 e. The van der Waals surface area contributed by atoms with Crippen LogP contribution in [0.3, 0.4) is 0 Å². The summed E-state index contributed by atoms with van der Waals surface area (Å²) in [6.45, 7) is 8.45. The SMILES string of the molecule is CCn1cc(C(C)(C)C(=O)O)c2cc(C)ccc21. The molecule has 0 aliphatic carbocycles. The van der Waals surface area contributed by atoms with Crippen LogP contribution in [-0.4, -0.2) is 15.6 Å². The number of aromatic nitrogens is 1. The summed E-state index contributed by atoms with van der Waals surface area (Å²) in [5.74, 6) is -0.792. The van der Waals surface area contributed by atoms with Crippen molar-refractivity contribution in [2.24, 2.45) is 0 Å². The van der Waals surface area contributed by atoms with Crippen molar-refractivity contribution < 1.29 is 9.90 Å². The zero-order valence-corrected chi connectivity index (χ0v) is 11.3. The summed E-state index contributed by atoms with van der Waals surface area (Å²) in [6.07, 6.45) is 1.97. The lowest BCUT2D eigenvalue weighted by atomic mass is 9.84. The number of aryl methyl sites for hydroxylation is 2. The topological polar surface area (TPSA) is 42.2 Å². The van der Waals surface area contributed by atoms with Crippen molar-refractivity contribution in [1.29, 1.82) is 0 Å². The molecule has 96 valence electrons. The van der Waals surface area contributed by atoms with Crippen molar-refractivity contribution in [2.75, 3.05) is 0 Å². The van der Waals surface area contributed by atoms with E-state index in [0.29, 0.717) is 0 Å². The average Bonchev–Trinajstić information content (AvgIpc) is 2.67. The summed E-state index contributed by atoms with van der Waals surface area (Å²) >= 11 is 0. The summed E-state index contributed by atoms with van der Waals surface area (Å²) in [6, 6.07) is 6.20. The molecule has 0 radical (unpaired) electrons. The molecular formula is C15H19NO2. The summed E-state index contributed by atoms with van der Waals surface area (Å²) < 4.78 is 2.11. The van der Waals surface area contributed by atoms with Gasteiger partial charge in [-0.2, -0.15) is 0 Å². The molecule has 0 amide bonds. The lowest BCUT2D eigenvalue weighted by molar-refractivity contribution is -0.142. The minimum Gasteiger partial charge on any atom is -0.481 e. The number of carbonyl (C=O) groups is 1. The molecule has 1 aromatic carbocycles. The summed E-state index contributed by atoms with van der Waals surface area (Å²) in [7, 11) is 0. The van der Waals surface area contributed by atoms with Gasteiger partial charge in [-0.3, -0.25) is 4.79 Å². The van der Waals surface area contributed by atoms with Gasteiger partial charge in [0, 0.05) is 23.6 Å². The Bertz CT molecular complexity index is 608. The molecular weight excluding hydrogens is 226 g/mol. The maximum atomic E-state index is 11.4. The third-order valence-corrected chi connectivity index (χ3v) is 3.59. The highest BCUT2D eigenvalue weighted by Crippen LogP contribution is 2.33. The average molecular weight is 245 g/mol. The van der Waals surface area contributed by atoms with Crippen LogP contribution >= 0.6 is 0 Å². The molecule has 0 atom stereocenters. The second kappa shape index (κ2) is 4.16. The fraction of sp³-hybridized carbons (Fsp3) is 0.400. The van der Waals surface area contributed by atoms with Crippen molar-refractivity contribution in [3.8, 4) is 0 Å². The van der Waals surface area contributed by atoms with Crippen LogP contribution in [0, 0.1) is 6.92 Å². The van der Waals surface area contributed by atoms with E-state index in [1.54, 1.807) is 13.8 Å². The minimum absolute atomic E-state index is 0.792. The number of carboxylic acids is 1. The maximum Gasteiger partial charge on any atom is 0.313 e. The Morgan fingerprint density at radius 3 is 2.61 bits per heavy atom. The molecule has 0 bridgehead atoms. The Labute approximate surface area is 107 Å². The number of fused-ring (bicyclic) bond motifs is 1. The molecule has 0 fully saturated rings. The molecule has 2 rings (SSSR count). The number of rotatable bonds is 3. The van der Waals surface area contributed by atoms with Crippen molar-refractivity contribution >= 4 is 16.9 Å². The van der Waals surface area contributed by atoms with Crippen LogP contribution in [0.5, 0.6) is 0 Å². The van der Waals surface area contributed by atoms with Crippen LogP contribution in [0.4, 0.5) is 0 Å². The molecule has 3 heteroatoms. The van der Waals surface area contributed by atoms with Gasteiger partial charge in [-0.05, 0) is 45.4 Å². The zero-order chi connectivity index (χ0) is 13.5. The van der Waals surface area contributed by atoms with Gasteiger partial charge in [-0.1, -0.05) is 11.6 Å². The number of hydrogen-bond donors (Lipinski definition) is 1. The Balaban J connectivity index is 2.79. The maximum absolute atomic E-state index is 11.4. The van der Waals surface area contributed by atoms with E-state index < -0.39 is 11.4 Å². The van der Waals surface area contributed by atoms with E-state index in [1.165, 1.54) is 0 Å². The van der Waals surface area contributed by atoms with Crippen LogP contribution < -0.4 is 0 Å². The summed E-state index contributed by atoms with van der Waals surface area (Å²) in [4.78, 5) is 11.4. The van der Waals surface area contributed by atoms with Gasteiger partial charge in [0.05, 0.1) is 5.41 Å². The molecule has 0 saturated carbocycles. The molecule has 0 aliphatic heterocycles. The molecule has 1 N–H and O–H groups in total. The first-order valence-corrected chi connectivity index (χ1v) is 6.21. The van der Waals surface area contributed by atoms with E-state index in [9.17, 15) is 9.90 Å². The van der Waals surface area contributed by atoms with E-state index >= 15 is 0 Å². The van der Waals surface area contributed by atoms with Crippen molar-refractivity contribution in [3.63, 3.8) is 0 Å². The van der Waals surface area contributed by atoms with Crippen LogP contribution in [-0.2, 0) is 16.8 Å². The summed E-state index contributed by atoms with van der Waals surface area (Å²) in [5.41, 5.74) is 2.27. The highest BCUT2D eigenvalue weighted by Gasteiger charge is 2.32. The van der Waals surface area contributed by atoms with Crippen LogP contribution in [0.2, 0.25) is 0 Å². The third kappa shape index (κ3) is 1.80. The molecule has 2 aromatic rings. The predicted octanol–water partition coefficient (Wildman–Crippen LogP) is 3.33. The standard InChI is InChI=1S/C15H19NO2/c1-5-16-9-12(15(3,4)14(17)18)11-8-10(2)6-7-13(11)16/h6-9H,5H2,1-4H3,(H,17,18). The normalized spacial score (nSPS) is 12.0. The van der Waals surface area contributed by atoms with E-state index in [1.807, 2.05) is 13.1 Å². The van der Waals surface area contributed by atoms with Crippen LogP contribution in [0.15, 0.2) is 24.4 Å². The quantitative estimate of drug-likeness (QED) is 0.901. The Morgan fingerprint density at radius 1 is 1.39 bits per heavy atom. The number of benzene rings is 1. The van der Waals surface area contributed by atoms with Gasteiger partial charge >= 0.3 is 5.97 Å². The van der Waals surface area contributed by atoms with Gasteiger partial charge in [-0.25, -0.2) is 0 Å². The van der Waals surface area contributed by atoms with Gasteiger partial charge in [0.25, 0.3) is 0 Å². The highest BCUT2D eigenvalue weighted by atomic mass is 16.4. The van der Waals surface area contributed by atoms with Crippen molar-refractivity contribution in [3.05, 3.63) is 35.5 Å². The van der Waals surface area contributed by atoms with Gasteiger partial charge in [0.1, 0.15) is 0 Å². The number of carboxylic acid groups (broad SMARTS) is 1. The van der Waals surface area contributed by atoms with Crippen LogP contribution in [0.1, 0.15) is 31.9 Å². The largest absolute Gasteiger partial charge is 0.481 e. The van der Waals surface area contributed by atoms with E-state index in [-0.39, 0.29) is 0 Å². The van der Waals surface area contributed by atoms with Gasteiger partial charge in [0.2, 0.25) is 0 Å². The minimum atomic E-state index is -0.869. The van der Waals surface area contributed by atoms with E-state index in [4.69, 9.17) is 0 Å². The van der Waals surface area contributed by atoms with E-state index in [2.05, 4.69) is 29.7 Å². The Kier molecular flexibility index (Phi) is 2.93. The molecule has 1 aromatic heterocycles. The second-order valence-corrected chi connectivity index (χ2v) is 5.28. The Hall–Kier alpha value is -1.77. The lowest BCUT2D eigenvalue weighted by Gasteiger charge is -2.18. The fourth-order valence-corrected chi connectivity index (χ4v) is 2.29. The molecule has 3 nitrogen and oxygen atoms in total. The molecule has 0 unspecified atom stereocenters. The number of aliphatic carboxylic acids is 1. The highest BCUT2D eigenvalue weighted by molar-refractivity contribution is 5.92. The van der Waals surface area contributed by atoms with Gasteiger partial charge in [0.15, 0.2) is 0 Å². The number of nitrogens with zero attached hydrogens (tertiary/aromatic N) is 1. The molecule has 0 spiro atoms. The van der Waals surface area contributed by atoms with Crippen molar-refractivity contribution in [1.82, 2.24) is 4.57 Å². The third-order valence-electron chi connectivity index (χ3n) is 3.59. The van der Waals surface area contributed by atoms with Gasteiger partial charge < -0.3 is 9.67 Å². The molecule has 0 aliphatic rings. The van der Waals surface area contributed by atoms with Crippen molar-refractivity contribution in [2.45, 2.75) is 39.7 Å². The first kappa shape index (κ1) is 12.7. The Morgan fingerprint density at radius 2 is 2.06 bits per heavy atom. The number of hydrogen-bond acceptors (Lipinski definition) is 1. The van der Waals surface area contributed by atoms with E-state index in [0.717, 1.165) is 28.6 Å². The molecule has 1 heterocycles.